The van der Waals surface area contributed by atoms with Crippen LogP contribution in [0, 0.1) is 0 Å². The standard InChI is InChI=1S/C19H26FN3O5S/c1-14(2)21-11-13-28-18-9-8-17(19(22-18)26-3)23-29(24,25)16-6-4-15(5-7-16)27-12-10-20/h4-9,14,21,23H,10-13H2,1-3H3. The van der Waals surface area contributed by atoms with Gasteiger partial charge in [0.1, 0.15) is 31.3 Å². The molecule has 2 aromatic rings. The van der Waals surface area contributed by atoms with Crippen molar-refractivity contribution in [2.24, 2.45) is 0 Å². The Balaban J connectivity index is 2.07. The summed E-state index contributed by atoms with van der Waals surface area (Å²) in [6.07, 6.45) is 0. The first-order valence-corrected chi connectivity index (χ1v) is 10.6. The van der Waals surface area contributed by atoms with Gasteiger partial charge in [0.2, 0.25) is 11.8 Å². The molecule has 0 spiro atoms. The Morgan fingerprint density at radius 1 is 1.07 bits per heavy atom. The number of alkyl halides is 1. The molecule has 0 unspecified atom stereocenters. The largest absolute Gasteiger partial charge is 0.491 e. The molecule has 2 rings (SSSR count). The fourth-order valence-electron chi connectivity index (χ4n) is 2.32. The Morgan fingerprint density at radius 3 is 2.41 bits per heavy atom. The molecular weight excluding hydrogens is 401 g/mol. The zero-order valence-electron chi connectivity index (χ0n) is 16.6. The van der Waals surface area contributed by atoms with Gasteiger partial charge in [-0.05, 0) is 30.3 Å². The number of anilines is 1. The van der Waals surface area contributed by atoms with Crippen molar-refractivity contribution < 1.29 is 27.0 Å². The quantitative estimate of drug-likeness (QED) is 0.503. The molecule has 0 bridgehead atoms. The maximum absolute atomic E-state index is 12.6. The minimum atomic E-state index is -3.88. The van der Waals surface area contributed by atoms with E-state index >= 15 is 0 Å². The highest BCUT2D eigenvalue weighted by atomic mass is 32.2. The van der Waals surface area contributed by atoms with Crippen LogP contribution in [0.15, 0.2) is 41.3 Å². The summed E-state index contributed by atoms with van der Waals surface area (Å²) in [4.78, 5) is 4.20. The number of benzene rings is 1. The fraction of sp³-hybridized carbons (Fsp3) is 0.421. The van der Waals surface area contributed by atoms with E-state index < -0.39 is 16.7 Å². The van der Waals surface area contributed by atoms with Crippen LogP contribution in [0.2, 0.25) is 0 Å². The van der Waals surface area contributed by atoms with Crippen LogP contribution in [0.25, 0.3) is 0 Å². The van der Waals surface area contributed by atoms with Crippen molar-refractivity contribution in [3.05, 3.63) is 36.4 Å². The van der Waals surface area contributed by atoms with Gasteiger partial charge < -0.3 is 19.5 Å². The molecule has 8 nitrogen and oxygen atoms in total. The van der Waals surface area contributed by atoms with Crippen molar-refractivity contribution in [1.82, 2.24) is 10.3 Å². The number of nitrogens with zero attached hydrogens (tertiary/aromatic N) is 1. The summed E-state index contributed by atoms with van der Waals surface area (Å²) in [5, 5.41) is 3.22. The lowest BCUT2D eigenvalue weighted by molar-refractivity contribution is 0.273. The van der Waals surface area contributed by atoms with Crippen LogP contribution < -0.4 is 24.2 Å². The van der Waals surface area contributed by atoms with Crippen LogP contribution in [0.5, 0.6) is 17.5 Å². The Kier molecular flexibility index (Phi) is 8.47. The van der Waals surface area contributed by atoms with E-state index in [0.29, 0.717) is 30.8 Å². The topological polar surface area (TPSA) is 98.8 Å². The number of pyridine rings is 1. The second kappa shape index (κ2) is 10.8. The first kappa shape index (κ1) is 22.7. The van der Waals surface area contributed by atoms with Crippen LogP contribution in [0.3, 0.4) is 0 Å². The Hall–Kier alpha value is -2.59. The third-order valence-electron chi connectivity index (χ3n) is 3.66. The first-order valence-electron chi connectivity index (χ1n) is 9.08. The number of ether oxygens (including phenoxy) is 3. The third-order valence-corrected chi connectivity index (χ3v) is 5.04. The molecule has 0 amide bonds. The van der Waals surface area contributed by atoms with Gasteiger partial charge >= 0.3 is 0 Å². The molecule has 0 aliphatic heterocycles. The number of nitrogens with one attached hydrogen (secondary N) is 2. The van der Waals surface area contributed by atoms with Gasteiger partial charge in [0.25, 0.3) is 10.0 Å². The summed E-state index contributed by atoms with van der Waals surface area (Å²) in [7, 11) is -2.49. The molecule has 0 fully saturated rings. The molecule has 0 radical (unpaired) electrons. The number of aromatic nitrogens is 1. The summed E-state index contributed by atoms with van der Waals surface area (Å²) < 4.78 is 55.7. The molecule has 0 saturated heterocycles. The highest BCUT2D eigenvalue weighted by molar-refractivity contribution is 7.92. The molecule has 0 saturated carbocycles. The predicted octanol–water partition coefficient (Wildman–Crippen LogP) is 2.62. The van der Waals surface area contributed by atoms with Gasteiger partial charge in [0.15, 0.2) is 0 Å². The summed E-state index contributed by atoms with van der Waals surface area (Å²) >= 11 is 0. The predicted molar refractivity (Wildman–Crippen MR) is 108 cm³/mol. The molecule has 1 aromatic carbocycles. The van der Waals surface area contributed by atoms with Crippen molar-refractivity contribution in [3.8, 4) is 17.5 Å². The first-order chi connectivity index (χ1) is 13.9. The van der Waals surface area contributed by atoms with Crippen LogP contribution in [0.1, 0.15) is 13.8 Å². The van der Waals surface area contributed by atoms with Gasteiger partial charge in [-0.25, -0.2) is 12.8 Å². The van der Waals surface area contributed by atoms with Crippen LogP contribution >= 0.6 is 0 Å². The maximum atomic E-state index is 12.6. The Bertz CT molecular complexity index is 876. The van der Waals surface area contributed by atoms with E-state index in [1.165, 1.54) is 37.4 Å². The van der Waals surface area contributed by atoms with Gasteiger partial charge in [0, 0.05) is 18.7 Å². The van der Waals surface area contributed by atoms with E-state index in [4.69, 9.17) is 14.2 Å². The fourth-order valence-corrected chi connectivity index (χ4v) is 3.37. The summed E-state index contributed by atoms with van der Waals surface area (Å²) in [6, 6.07) is 9.09. The zero-order valence-corrected chi connectivity index (χ0v) is 17.5. The smallest absolute Gasteiger partial charge is 0.262 e. The van der Waals surface area contributed by atoms with Gasteiger partial charge in [-0.1, -0.05) is 13.8 Å². The van der Waals surface area contributed by atoms with Crippen molar-refractivity contribution in [3.63, 3.8) is 0 Å². The average molecular weight is 427 g/mol. The van der Waals surface area contributed by atoms with E-state index in [1.807, 2.05) is 13.8 Å². The van der Waals surface area contributed by atoms with Crippen LogP contribution in [-0.2, 0) is 10.0 Å². The van der Waals surface area contributed by atoms with Crippen molar-refractivity contribution in [2.75, 3.05) is 38.3 Å². The highest BCUT2D eigenvalue weighted by Gasteiger charge is 2.18. The van der Waals surface area contributed by atoms with Crippen LogP contribution in [-0.4, -0.2) is 53.0 Å². The molecule has 0 atom stereocenters. The van der Waals surface area contributed by atoms with E-state index in [9.17, 15) is 12.8 Å². The second-order valence-electron chi connectivity index (χ2n) is 6.28. The van der Waals surface area contributed by atoms with Gasteiger partial charge in [-0.2, -0.15) is 4.98 Å². The molecule has 1 heterocycles. The molecule has 160 valence electrons. The molecule has 29 heavy (non-hydrogen) atoms. The second-order valence-corrected chi connectivity index (χ2v) is 7.96. The minimum Gasteiger partial charge on any atom is -0.491 e. The van der Waals surface area contributed by atoms with Gasteiger partial charge in [-0.15, -0.1) is 0 Å². The van der Waals surface area contributed by atoms with E-state index in [1.54, 1.807) is 6.07 Å². The number of methoxy groups -OCH3 is 1. The monoisotopic (exact) mass is 427 g/mol. The Labute approximate surface area is 170 Å². The lowest BCUT2D eigenvalue weighted by atomic mass is 10.3. The third kappa shape index (κ3) is 7.06. The SMILES string of the molecule is COc1nc(OCCNC(C)C)ccc1NS(=O)(=O)c1ccc(OCCF)cc1. The van der Waals surface area contributed by atoms with E-state index in [-0.39, 0.29) is 23.1 Å². The maximum Gasteiger partial charge on any atom is 0.262 e. The minimum absolute atomic E-state index is 0.0206. The lowest BCUT2D eigenvalue weighted by Crippen LogP contribution is -2.27. The molecule has 2 N–H and O–H groups in total. The number of hydrogen-bond donors (Lipinski definition) is 2. The highest BCUT2D eigenvalue weighted by Crippen LogP contribution is 2.28. The average Bonchev–Trinajstić information content (AvgIpc) is 2.70. The van der Waals surface area contributed by atoms with E-state index in [0.717, 1.165) is 0 Å². The zero-order chi connectivity index (χ0) is 21.3. The number of halogens is 1. The Morgan fingerprint density at radius 2 is 1.79 bits per heavy atom. The van der Waals surface area contributed by atoms with Crippen molar-refractivity contribution in [2.45, 2.75) is 24.8 Å². The number of sulfonamides is 1. The molecule has 0 aliphatic rings. The van der Waals surface area contributed by atoms with Crippen molar-refractivity contribution >= 4 is 15.7 Å². The normalized spacial score (nSPS) is 11.3. The van der Waals surface area contributed by atoms with Crippen molar-refractivity contribution in [1.29, 1.82) is 0 Å². The summed E-state index contributed by atoms with van der Waals surface area (Å²) in [5.41, 5.74) is 0.179. The summed E-state index contributed by atoms with van der Waals surface area (Å²) in [5.74, 6) is 0.796. The molecule has 0 aliphatic carbocycles. The van der Waals surface area contributed by atoms with Gasteiger partial charge in [-0.3, -0.25) is 4.72 Å². The molecule has 1 aromatic heterocycles. The number of hydrogen-bond acceptors (Lipinski definition) is 7. The lowest BCUT2D eigenvalue weighted by Gasteiger charge is -2.13. The molecular formula is C19H26FN3O5S. The summed E-state index contributed by atoms with van der Waals surface area (Å²) in [6.45, 7) is 4.43. The number of rotatable bonds is 12. The van der Waals surface area contributed by atoms with Crippen LogP contribution in [0.4, 0.5) is 10.1 Å². The van der Waals surface area contributed by atoms with Gasteiger partial charge in [0.05, 0.1) is 12.0 Å². The molecule has 10 heteroatoms. The van der Waals surface area contributed by atoms with E-state index in [2.05, 4.69) is 15.0 Å².